The summed E-state index contributed by atoms with van der Waals surface area (Å²) in [5.41, 5.74) is 9.67. The second-order valence-electron chi connectivity index (χ2n) is 6.36. The average Bonchev–Trinajstić information content (AvgIpc) is 3.01. The first-order valence-electron chi connectivity index (χ1n) is 9.12. The molecule has 2 aromatic heterocycles. The standard InChI is InChI=1S/C21H20N6O2/c1-29-12-11-23-21(28)17-18-20(26-16-10-6-5-9-15(16)25-18)27(19(17)22)24-13-14-7-3-2-4-8-14/h2-10,13H,11-12,22H2,1H3,(H,23,28)/b24-13-. The Bertz CT molecular complexity index is 1200. The molecule has 8 nitrogen and oxygen atoms in total. The van der Waals surface area contributed by atoms with Gasteiger partial charge < -0.3 is 15.8 Å². The van der Waals surface area contributed by atoms with Crippen LogP contribution in [0.4, 0.5) is 5.82 Å². The molecule has 0 fully saturated rings. The lowest BCUT2D eigenvalue weighted by atomic mass is 10.2. The number of nitrogens with one attached hydrogen (secondary N) is 1. The predicted molar refractivity (Wildman–Crippen MR) is 113 cm³/mol. The Morgan fingerprint density at radius 2 is 1.83 bits per heavy atom. The van der Waals surface area contributed by atoms with Crippen molar-refractivity contribution < 1.29 is 9.53 Å². The minimum Gasteiger partial charge on any atom is -0.383 e. The number of amides is 1. The van der Waals surface area contributed by atoms with E-state index in [1.807, 2.05) is 54.6 Å². The molecule has 4 aromatic rings. The topological polar surface area (TPSA) is 107 Å². The normalized spacial score (nSPS) is 11.5. The third-order valence-electron chi connectivity index (χ3n) is 4.41. The summed E-state index contributed by atoms with van der Waals surface area (Å²) in [5.74, 6) is -0.166. The van der Waals surface area contributed by atoms with E-state index in [4.69, 9.17) is 10.5 Å². The van der Waals surface area contributed by atoms with Crippen molar-refractivity contribution in [3.05, 3.63) is 65.7 Å². The summed E-state index contributed by atoms with van der Waals surface area (Å²) < 4.78 is 6.44. The largest absolute Gasteiger partial charge is 0.383 e. The molecule has 0 unspecified atom stereocenters. The zero-order valence-corrected chi connectivity index (χ0v) is 15.9. The molecule has 4 rings (SSSR count). The van der Waals surface area contributed by atoms with Crippen LogP contribution in [0.1, 0.15) is 15.9 Å². The summed E-state index contributed by atoms with van der Waals surface area (Å²) in [7, 11) is 1.57. The monoisotopic (exact) mass is 388 g/mol. The van der Waals surface area contributed by atoms with Crippen molar-refractivity contribution in [1.82, 2.24) is 20.0 Å². The Kier molecular flexibility index (Phi) is 5.17. The van der Waals surface area contributed by atoms with Crippen LogP contribution in [-0.2, 0) is 4.74 Å². The molecule has 0 aliphatic heterocycles. The second kappa shape index (κ2) is 8.07. The number of carbonyl (C=O) groups is 1. The van der Waals surface area contributed by atoms with Crippen LogP contribution in [0, 0.1) is 0 Å². The van der Waals surface area contributed by atoms with Crippen LogP contribution in [0.5, 0.6) is 0 Å². The van der Waals surface area contributed by atoms with Gasteiger partial charge in [-0.1, -0.05) is 42.5 Å². The minimum atomic E-state index is -0.345. The van der Waals surface area contributed by atoms with Crippen molar-refractivity contribution >= 4 is 40.1 Å². The lowest BCUT2D eigenvalue weighted by molar-refractivity contribution is 0.0939. The molecule has 8 heteroatoms. The van der Waals surface area contributed by atoms with Crippen molar-refractivity contribution in [2.75, 3.05) is 26.0 Å². The van der Waals surface area contributed by atoms with Gasteiger partial charge in [0.25, 0.3) is 5.91 Å². The molecule has 0 aliphatic carbocycles. The van der Waals surface area contributed by atoms with Crippen LogP contribution in [0.25, 0.3) is 22.2 Å². The number of nitrogen functional groups attached to an aromatic ring is 1. The van der Waals surface area contributed by atoms with E-state index in [0.717, 1.165) is 5.56 Å². The van der Waals surface area contributed by atoms with Crippen molar-refractivity contribution in [2.45, 2.75) is 0 Å². The summed E-state index contributed by atoms with van der Waals surface area (Å²) in [6, 6.07) is 17.1. The quantitative estimate of drug-likeness (QED) is 0.390. The molecule has 0 saturated heterocycles. The maximum atomic E-state index is 12.8. The van der Waals surface area contributed by atoms with E-state index in [-0.39, 0.29) is 17.3 Å². The van der Waals surface area contributed by atoms with E-state index >= 15 is 0 Å². The fourth-order valence-corrected chi connectivity index (χ4v) is 3.01. The average molecular weight is 388 g/mol. The number of nitrogens with zero attached hydrogens (tertiary/aromatic N) is 4. The highest BCUT2D eigenvalue weighted by atomic mass is 16.5. The van der Waals surface area contributed by atoms with Crippen LogP contribution < -0.4 is 11.1 Å². The van der Waals surface area contributed by atoms with Gasteiger partial charge in [0.05, 0.1) is 23.9 Å². The minimum absolute atomic E-state index is 0.178. The van der Waals surface area contributed by atoms with Crippen LogP contribution in [0.3, 0.4) is 0 Å². The molecule has 2 heterocycles. The molecule has 0 spiro atoms. The number of anilines is 1. The van der Waals surface area contributed by atoms with Crippen molar-refractivity contribution in [2.24, 2.45) is 5.10 Å². The van der Waals surface area contributed by atoms with E-state index in [1.165, 1.54) is 4.68 Å². The number of hydrogen-bond acceptors (Lipinski definition) is 6. The molecular weight excluding hydrogens is 368 g/mol. The Morgan fingerprint density at radius 1 is 1.14 bits per heavy atom. The van der Waals surface area contributed by atoms with E-state index in [9.17, 15) is 4.79 Å². The highest BCUT2D eigenvalue weighted by Crippen LogP contribution is 2.27. The third-order valence-corrected chi connectivity index (χ3v) is 4.41. The van der Waals surface area contributed by atoms with Gasteiger partial charge in [0.2, 0.25) is 0 Å². The summed E-state index contributed by atoms with van der Waals surface area (Å²) in [6.45, 7) is 0.751. The first-order valence-corrected chi connectivity index (χ1v) is 9.12. The van der Waals surface area contributed by atoms with Crippen molar-refractivity contribution in [1.29, 1.82) is 0 Å². The molecule has 2 aromatic carbocycles. The fourth-order valence-electron chi connectivity index (χ4n) is 3.01. The molecule has 29 heavy (non-hydrogen) atoms. The number of benzene rings is 2. The van der Waals surface area contributed by atoms with Crippen molar-refractivity contribution in [3.8, 4) is 0 Å². The van der Waals surface area contributed by atoms with Gasteiger partial charge >= 0.3 is 0 Å². The highest BCUT2D eigenvalue weighted by Gasteiger charge is 2.23. The Balaban J connectivity index is 1.87. The van der Waals surface area contributed by atoms with Gasteiger partial charge in [-0.05, 0) is 17.7 Å². The van der Waals surface area contributed by atoms with Crippen LogP contribution >= 0.6 is 0 Å². The second-order valence-corrected chi connectivity index (χ2v) is 6.36. The van der Waals surface area contributed by atoms with Crippen molar-refractivity contribution in [3.63, 3.8) is 0 Å². The maximum Gasteiger partial charge on any atom is 0.257 e. The number of para-hydroxylation sites is 2. The van der Waals surface area contributed by atoms with Gasteiger partial charge in [-0.15, -0.1) is 0 Å². The van der Waals surface area contributed by atoms with E-state index < -0.39 is 0 Å². The van der Waals surface area contributed by atoms with Gasteiger partial charge in [0.1, 0.15) is 16.9 Å². The van der Waals surface area contributed by atoms with Gasteiger partial charge in [-0.2, -0.15) is 9.78 Å². The molecule has 0 saturated carbocycles. The number of aromatic nitrogens is 3. The number of nitrogens with two attached hydrogens (primary N) is 1. The Morgan fingerprint density at radius 3 is 2.55 bits per heavy atom. The number of methoxy groups -OCH3 is 1. The fraction of sp³-hybridized carbons (Fsp3) is 0.143. The van der Waals surface area contributed by atoms with E-state index in [0.29, 0.717) is 35.3 Å². The molecule has 0 atom stereocenters. The number of fused-ring (bicyclic) bond motifs is 2. The van der Waals surface area contributed by atoms with Crippen LogP contribution in [0.2, 0.25) is 0 Å². The Labute approximate surface area is 167 Å². The van der Waals surface area contributed by atoms with Crippen LogP contribution in [-0.4, -0.2) is 47.0 Å². The summed E-state index contributed by atoms with van der Waals surface area (Å²) in [4.78, 5) is 22.1. The molecule has 0 radical (unpaired) electrons. The maximum absolute atomic E-state index is 12.8. The van der Waals surface area contributed by atoms with E-state index in [2.05, 4.69) is 20.4 Å². The number of rotatable bonds is 6. The molecule has 3 N–H and O–H groups in total. The number of hydrogen-bond donors (Lipinski definition) is 2. The summed E-state index contributed by atoms with van der Waals surface area (Å²) in [6.07, 6.45) is 1.67. The first-order chi connectivity index (χ1) is 14.2. The smallest absolute Gasteiger partial charge is 0.257 e. The van der Waals surface area contributed by atoms with Gasteiger partial charge in [0, 0.05) is 13.7 Å². The third kappa shape index (κ3) is 3.65. The molecular formula is C21H20N6O2. The summed E-state index contributed by atoms with van der Waals surface area (Å²) >= 11 is 0. The Hall–Kier alpha value is -3.78. The zero-order valence-electron chi connectivity index (χ0n) is 15.9. The lowest BCUT2D eigenvalue weighted by Crippen LogP contribution is -2.27. The van der Waals surface area contributed by atoms with Gasteiger partial charge in [0.15, 0.2) is 5.65 Å². The first kappa shape index (κ1) is 18.6. The van der Waals surface area contributed by atoms with Gasteiger partial charge in [-0.25, -0.2) is 9.97 Å². The lowest BCUT2D eigenvalue weighted by Gasteiger charge is -2.04. The molecule has 146 valence electrons. The molecule has 0 aliphatic rings. The van der Waals surface area contributed by atoms with Gasteiger partial charge in [-0.3, -0.25) is 4.79 Å². The van der Waals surface area contributed by atoms with Crippen LogP contribution in [0.15, 0.2) is 59.7 Å². The highest BCUT2D eigenvalue weighted by molar-refractivity contribution is 6.10. The number of carbonyl (C=O) groups excluding carboxylic acids is 1. The SMILES string of the molecule is COCCNC(=O)c1c(N)n(/N=C\c2ccccc2)c2nc3ccccc3nc12. The van der Waals surface area contributed by atoms with E-state index in [1.54, 1.807) is 13.3 Å². The molecule has 0 bridgehead atoms. The predicted octanol–water partition coefficient (Wildman–Crippen LogP) is 2.43. The number of ether oxygens (including phenoxy) is 1. The summed E-state index contributed by atoms with van der Waals surface area (Å²) in [5, 5.41) is 7.26. The molecule has 1 amide bonds. The zero-order chi connectivity index (χ0) is 20.2.